The fourth-order valence-electron chi connectivity index (χ4n) is 1.03. The van der Waals surface area contributed by atoms with E-state index < -0.39 is 0 Å². The normalized spacial score (nSPS) is 23.5. The summed E-state index contributed by atoms with van der Waals surface area (Å²) in [5, 5.41) is 3.03. The first-order valence-electron chi connectivity index (χ1n) is 3.16. The van der Waals surface area contributed by atoms with Crippen LogP contribution in [0.3, 0.4) is 0 Å². The molecule has 0 aromatic carbocycles. The van der Waals surface area contributed by atoms with Crippen LogP contribution in [-0.4, -0.2) is 25.7 Å². The number of carbonyl (C=O) groups excluding carboxylic acids is 1. The monoisotopic (exact) mass is 235 g/mol. The summed E-state index contributed by atoms with van der Waals surface area (Å²) in [7, 11) is 1.42. The maximum absolute atomic E-state index is 10.7. The predicted molar refractivity (Wildman–Crippen MR) is 33.0 cm³/mol. The first-order valence-corrected chi connectivity index (χ1v) is 3.16. The standard InChI is InChI=1S/C6H11NO2.Pd/c1-9-6(8)5-3-2-4-7-5;/h5,7H,2-4H2,1H3;/t5-;/m0./s1. The van der Waals surface area contributed by atoms with Crippen LogP contribution in [0.5, 0.6) is 0 Å². The molecule has 1 rings (SSSR count). The Balaban J connectivity index is 0.000000810. The molecule has 1 fully saturated rings. The summed E-state index contributed by atoms with van der Waals surface area (Å²) in [6.45, 7) is 0.944. The van der Waals surface area contributed by atoms with Gasteiger partial charge in [-0.3, -0.25) is 4.79 Å². The van der Waals surface area contributed by atoms with Gasteiger partial charge in [0.05, 0.1) is 7.11 Å². The summed E-state index contributed by atoms with van der Waals surface area (Å²) in [4.78, 5) is 10.7. The molecule has 62 valence electrons. The summed E-state index contributed by atoms with van der Waals surface area (Å²) >= 11 is 0. The number of carbonyl (C=O) groups is 1. The maximum atomic E-state index is 10.7. The van der Waals surface area contributed by atoms with Crippen molar-refractivity contribution in [3.8, 4) is 0 Å². The van der Waals surface area contributed by atoms with Gasteiger partial charge in [0.2, 0.25) is 0 Å². The maximum Gasteiger partial charge on any atom is 0.322 e. The molecule has 4 heteroatoms. The minimum absolute atomic E-state index is 0. The third kappa shape index (κ3) is 2.37. The quantitative estimate of drug-likeness (QED) is 0.510. The van der Waals surface area contributed by atoms with Crippen molar-refractivity contribution in [3.63, 3.8) is 0 Å². The van der Waals surface area contributed by atoms with Crippen LogP contribution in [0.25, 0.3) is 0 Å². The van der Waals surface area contributed by atoms with Gasteiger partial charge in [-0.15, -0.1) is 0 Å². The number of hydrogen-bond acceptors (Lipinski definition) is 3. The van der Waals surface area contributed by atoms with Crippen LogP contribution in [0.2, 0.25) is 0 Å². The van der Waals surface area contributed by atoms with Crippen molar-refractivity contribution in [1.29, 1.82) is 0 Å². The van der Waals surface area contributed by atoms with Gasteiger partial charge in [-0.2, -0.15) is 0 Å². The van der Waals surface area contributed by atoms with E-state index in [1.807, 2.05) is 0 Å². The molecule has 0 radical (unpaired) electrons. The molecule has 0 amide bonds. The molecular weight excluding hydrogens is 224 g/mol. The minimum atomic E-state index is -0.132. The zero-order valence-corrected chi connectivity index (χ0v) is 7.39. The molecular formula is C6H11NO2Pd. The zero-order chi connectivity index (χ0) is 6.69. The van der Waals surface area contributed by atoms with Crippen molar-refractivity contribution in [2.24, 2.45) is 0 Å². The Morgan fingerprint density at radius 2 is 2.40 bits per heavy atom. The fraction of sp³-hybridized carbons (Fsp3) is 0.833. The van der Waals surface area contributed by atoms with Crippen LogP contribution in [0, 0.1) is 0 Å². The number of rotatable bonds is 1. The Morgan fingerprint density at radius 3 is 2.80 bits per heavy atom. The Bertz CT molecular complexity index is 112. The largest absolute Gasteiger partial charge is 0.468 e. The van der Waals surface area contributed by atoms with Crippen LogP contribution >= 0.6 is 0 Å². The van der Waals surface area contributed by atoms with E-state index in [0.717, 1.165) is 19.4 Å². The molecule has 3 nitrogen and oxygen atoms in total. The molecule has 0 bridgehead atoms. The van der Waals surface area contributed by atoms with Gasteiger partial charge in [0.25, 0.3) is 0 Å². The molecule has 1 atom stereocenters. The van der Waals surface area contributed by atoms with Gasteiger partial charge >= 0.3 is 5.97 Å². The number of esters is 1. The van der Waals surface area contributed by atoms with Crippen LogP contribution in [0.4, 0.5) is 0 Å². The summed E-state index contributed by atoms with van der Waals surface area (Å²) < 4.78 is 4.53. The van der Waals surface area contributed by atoms with Crippen molar-refractivity contribution < 1.29 is 30.0 Å². The summed E-state index contributed by atoms with van der Waals surface area (Å²) in [5.74, 6) is -0.132. The molecule has 10 heavy (non-hydrogen) atoms. The molecule has 0 aliphatic carbocycles. The molecule has 0 unspecified atom stereocenters. The molecule has 1 heterocycles. The van der Waals surface area contributed by atoms with Gasteiger partial charge in [0.1, 0.15) is 6.04 Å². The van der Waals surface area contributed by atoms with Crippen molar-refractivity contribution in [3.05, 3.63) is 0 Å². The second-order valence-corrected chi connectivity index (χ2v) is 2.17. The van der Waals surface area contributed by atoms with E-state index >= 15 is 0 Å². The van der Waals surface area contributed by atoms with Crippen LogP contribution in [0.15, 0.2) is 0 Å². The minimum Gasteiger partial charge on any atom is -0.468 e. The van der Waals surface area contributed by atoms with Gasteiger partial charge in [-0.25, -0.2) is 0 Å². The zero-order valence-electron chi connectivity index (χ0n) is 5.83. The van der Waals surface area contributed by atoms with Crippen LogP contribution in [-0.2, 0) is 30.0 Å². The van der Waals surface area contributed by atoms with Gasteiger partial charge in [-0.1, -0.05) is 0 Å². The van der Waals surface area contributed by atoms with E-state index in [-0.39, 0.29) is 32.4 Å². The average Bonchev–Trinajstić information content (AvgIpc) is 2.37. The van der Waals surface area contributed by atoms with E-state index in [1.54, 1.807) is 0 Å². The SMILES string of the molecule is COC(=O)[C@@H]1CCCN1.[Pd]. The molecule has 0 spiro atoms. The first-order chi connectivity index (χ1) is 4.34. The van der Waals surface area contributed by atoms with Crippen molar-refractivity contribution >= 4 is 5.97 Å². The van der Waals surface area contributed by atoms with Gasteiger partial charge < -0.3 is 10.1 Å². The van der Waals surface area contributed by atoms with Crippen molar-refractivity contribution in [2.45, 2.75) is 18.9 Å². The number of hydrogen-bond donors (Lipinski definition) is 1. The molecule has 1 aliphatic heterocycles. The first kappa shape index (κ1) is 10.1. The average molecular weight is 236 g/mol. The number of nitrogens with one attached hydrogen (secondary N) is 1. The fourth-order valence-corrected chi connectivity index (χ4v) is 1.03. The summed E-state index contributed by atoms with van der Waals surface area (Å²) in [5.41, 5.74) is 0. The summed E-state index contributed by atoms with van der Waals surface area (Å²) in [6.07, 6.45) is 2.01. The van der Waals surface area contributed by atoms with Crippen molar-refractivity contribution in [2.75, 3.05) is 13.7 Å². The molecule has 0 saturated carbocycles. The Labute approximate surface area is 74.2 Å². The second kappa shape index (κ2) is 4.84. The van der Waals surface area contributed by atoms with E-state index in [2.05, 4.69) is 10.1 Å². The van der Waals surface area contributed by atoms with Crippen molar-refractivity contribution in [1.82, 2.24) is 5.32 Å². The molecule has 0 aromatic rings. The number of methoxy groups -OCH3 is 1. The van der Waals surface area contributed by atoms with E-state index in [9.17, 15) is 4.79 Å². The summed E-state index contributed by atoms with van der Waals surface area (Å²) in [6, 6.07) is -0.0324. The Hall–Kier alpha value is 0.0923. The Morgan fingerprint density at radius 1 is 1.70 bits per heavy atom. The molecule has 1 aliphatic rings. The van der Waals surface area contributed by atoms with Crippen LogP contribution < -0.4 is 5.32 Å². The van der Waals surface area contributed by atoms with Gasteiger partial charge in [0.15, 0.2) is 0 Å². The van der Waals surface area contributed by atoms with Crippen LogP contribution in [0.1, 0.15) is 12.8 Å². The topological polar surface area (TPSA) is 38.3 Å². The van der Waals surface area contributed by atoms with Gasteiger partial charge in [0, 0.05) is 20.4 Å². The van der Waals surface area contributed by atoms with E-state index in [4.69, 9.17) is 0 Å². The van der Waals surface area contributed by atoms with E-state index in [0.29, 0.717) is 0 Å². The predicted octanol–water partition coefficient (Wildman–Crippen LogP) is -0.0911. The third-order valence-corrected chi connectivity index (χ3v) is 1.55. The smallest absolute Gasteiger partial charge is 0.322 e. The van der Waals surface area contributed by atoms with Gasteiger partial charge in [-0.05, 0) is 19.4 Å². The number of ether oxygens (including phenoxy) is 1. The molecule has 0 aromatic heterocycles. The Kier molecular flexibility index (Phi) is 4.88. The second-order valence-electron chi connectivity index (χ2n) is 2.17. The molecule has 1 N–H and O–H groups in total. The van der Waals surface area contributed by atoms with E-state index in [1.165, 1.54) is 7.11 Å². The molecule has 1 saturated heterocycles. The third-order valence-electron chi connectivity index (χ3n) is 1.55.